The van der Waals surface area contributed by atoms with Gasteiger partial charge in [0.05, 0.1) is 39.5 Å². The average molecular weight is 406 g/mol. The van der Waals surface area contributed by atoms with Crippen LogP contribution in [0.3, 0.4) is 0 Å². The molecule has 0 unspecified atom stereocenters. The Morgan fingerprint density at radius 2 is 1.79 bits per heavy atom. The van der Waals surface area contributed by atoms with Crippen LogP contribution < -0.4 is 5.32 Å². The van der Waals surface area contributed by atoms with Crippen molar-refractivity contribution in [3.63, 3.8) is 0 Å². The lowest BCUT2D eigenvalue weighted by atomic mass is 10.2. The lowest BCUT2D eigenvalue weighted by Crippen LogP contribution is -2.15. The molecule has 0 saturated heterocycles. The van der Waals surface area contributed by atoms with Crippen LogP contribution in [-0.2, 0) is 11.8 Å². The van der Waals surface area contributed by atoms with Crippen LogP contribution in [0.25, 0.3) is 16.7 Å². The molecule has 6 nitrogen and oxygen atoms in total. The highest BCUT2D eigenvalue weighted by molar-refractivity contribution is 7.99. The van der Waals surface area contributed by atoms with Crippen LogP contribution in [-0.4, -0.2) is 31.0 Å². The molecule has 0 aliphatic heterocycles. The van der Waals surface area contributed by atoms with Crippen molar-refractivity contribution in [2.24, 2.45) is 7.05 Å². The van der Waals surface area contributed by atoms with Gasteiger partial charge in [0.1, 0.15) is 0 Å². The number of carbonyl (C=O) groups is 1. The molecule has 0 fully saturated rings. The Balaban J connectivity index is 1.48. The van der Waals surface area contributed by atoms with Crippen molar-refractivity contribution in [1.29, 1.82) is 0 Å². The minimum absolute atomic E-state index is 0.0725. The standard InChI is InChI=1S/C22H23N5OS/c1-14-9-11-17(12-10-14)27-16(3)21(15(2)25-27)24-20(28)13-29-22-23-18-7-5-6-8-19(18)26(22)4/h5-12H,13H2,1-4H3,(H,24,28). The minimum Gasteiger partial charge on any atom is -0.322 e. The predicted octanol–water partition coefficient (Wildman–Crippen LogP) is 4.42. The Morgan fingerprint density at radius 1 is 1.07 bits per heavy atom. The zero-order valence-corrected chi connectivity index (χ0v) is 17.7. The molecule has 0 atom stereocenters. The Bertz CT molecular complexity index is 1190. The van der Waals surface area contributed by atoms with Gasteiger partial charge in [0.2, 0.25) is 5.91 Å². The number of rotatable bonds is 5. The fourth-order valence-corrected chi connectivity index (χ4v) is 4.11. The van der Waals surface area contributed by atoms with E-state index in [1.54, 1.807) is 0 Å². The molecule has 0 radical (unpaired) electrons. The number of carbonyl (C=O) groups excluding carboxylic acids is 1. The van der Waals surface area contributed by atoms with Crippen LogP contribution in [0.1, 0.15) is 17.0 Å². The molecule has 0 saturated carbocycles. The number of hydrogen-bond donors (Lipinski definition) is 1. The van der Waals surface area contributed by atoms with E-state index in [0.717, 1.165) is 39.0 Å². The van der Waals surface area contributed by atoms with Gasteiger partial charge in [-0.25, -0.2) is 9.67 Å². The van der Waals surface area contributed by atoms with Crippen molar-refractivity contribution in [2.75, 3.05) is 11.1 Å². The summed E-state index contributed by atoms with van der Waals surface area (Å²) >= 11 is 1.43. The van der Waals surface area contributed by atoms with Crippen molar-refractivity contribution in [3.8, 4) is 5.69 Å². The molecule has 148 valence electrons. The summed E-state index contributed by atoms with van der Waals surface area (Å²) in [6.45, 7) is 5.93. The summed E-state index contributed by atoms with van der Waals surface area (Å²) < 4.78 is 3.88. The van der Waals surface area contributed by atoms with Crippen molar-refractivity contribution in [2.45, 2.75) is 25.9 Å². The topological polar surface area (TPSA) is 64.7 Å². The number of aryl methyl sites for hydroxylation is 3. The molecule has 0 aliphatic rings. The third-order valence-corrected chi connectivity index (χ3v) is 5.94. The largest absolute Gasteiger partial charge is 0.322 e. The van der Waals surface area contributed by atoms with Gasteiger partial charge >= 0.3 is 0 Å². The molecular formula is C22H23N5OS. The lowest BCUT2D eigenvalue weighted by Gasteiger charge is -2.07. The molecule has 2 aromatic heterocycles. The van der Waals surface area contributed by atoms with Crippen LogP contribution in [0.4, 0.5) is 5.69 Å². The highest BCUT2D eigenvalue weighted by Gasteiger charge is 2.16. The summed E-state index contributed by atoms with van der Waals surface area (Å²) in [5.41, 5.74) is 6.64. The smallest absolute Gasteiger partial charge is 0.234 e. The molecule has 4 aromatic rings. The van der Waals surface area contributed by atoms with Crippen LogP contribution in [0.15, 0.2) is 53.7 Å². The van der Waals surface area contributed by atoms with Gasteiger partial charge in [-0.05, 0) is 45.0 Å². The van der Waals surface area contributed by atoms with Gasteiger partial charge < -0.3 is 9.88 Å². The first-order valence-electron chi connectivity index (χ1n) is 9.41. The second-order valence-electron chi connectivity index (χ2n) is 7.07. The van der Waals surface area contributed by atoms with E-state index < -0.39 is 0 Å². The number of nitrogens with zero attached hydrogens (tertiary/aromatic N) is 4. The molecule has 2 aromatic carbocycles. The van der Waals surface area contributed by atoms with E-state index in [1.807, 2.05) is 66.5 Å². The molecular weight excluding hydrogens is 382 g/mol. The maximum atomic E-state index is 12.6. The average Bonchev–Trinajstić information content (AvgIpc) is 3.18. The van der Waals surface area contributed by atoms with E-state index in [2.05, 4.69) is 34.5 Å². The van der Waals surface area contributed by atoms with Crippen molar-refractivity contribution < 1.29 is 4.79 Å². The second-order valence-corrected chi connectivity index (χ2v) is 8.01. The lowest BCUT2D eigenvalue weighted by molar-refractivity contribution is -0.113. The van der Waals surface area contributed by atoms with Gasteiger partial charge in [0.15, 0.2) is 5.16 Å². The number of anilines is 1. The van der Waals surface area contributed by atoms with E-state index in [-0.39, 0.29) is 11.7 Å². The normalized spacial score (nSPS) is 11.2. The summed E-state index contributed by atoms with van der Waals surface area (Å²) in [5, 5.41) is 8.45. The fraction of sp³-hybridized carbons (Fsp3) is 0.227. The Labute approximate surface area is 173 Å². The quantitative estimate of drug-likeness (QED) is 0.499. The molecule has 1 amide bonds. The summed E-state index contributed by atoms with van der Waals surface area (Å²) in [6.07, 6.45) is 0. The van der Waals surface area contributed by atoms with Crippen LogP contribution >= 0.6 is 11.8 Å². The van der Waals surface area contributed by atoms with Gasteiger partial charge in [0, 0.05) is 7.05 Å². The van der Waals surface area contributed by atoms with Gasteiger partial charge in [-0.15, -0.1) is 0 Å². The third-order valence-electron chi connectivity index (χ3n) is 4.91. The van der Waals surface area contributed by atoms with E-state index in [4.69, 9.17) is 0 Å². The van der Waals surface area contributed by atoms with Gasteiger partial charge in [0.25, 0.3) is 0 Å². The first kappa shape index (κ1) is 19.3. The molecule has 29 heavy (non-hydrogen) atoms. The molecule has 4 rings (SSSR count). The summed E-state index contributed by atoms with van der Waals surface area (Å²) in [5.74, 6) is 0.211. The Kier molecular flexibility index (Phi) is 5.15. The monoisotopic (exact) mass is 405 g/mol. The number of nitrogens with one attached hydrogen (secondary N) is 1. The van der Waals surface area contributed by atoms with Gasteiger partial charge in [-0.2, -0.15) is 5.10 Å². The fourth-order valence-electron chi connectivity index (χ4n) is 3.32. The highest BCUT2D eigenvalue weighted by atomic mass is 32.2. The number of hydrogen-bond acceptors (Lipinski definition) is 4. The van der Waals surface area contributed by atoms with Gasteiger partial charge in [-0.1, -0.05) is 41.6 Å². The summed E-state index contributed by atoms with van der Waals surface area (Å²) in [7, 11) is 1.97. The van der Waals surface area contributed by atoms with E-state index in [0.29, 0.717) is 0 Å². The van der Waals surface area contributed by atoms with E-state index in [1.165, 1.54) is 17.3 Å². The third kappa shape index (κ3) is 3.78. The van der Waals surface area contributed by atoms with Crippen LogP contribution in [0.2, 0.25) is 0 Å². The molecule has 0 aliphatic carbocycles. The predicted molar refractivity (Wildman–Crippen MR) is 118 cm³/mol. The number of amides is 1. The number of thioether (sulfide) groups is 1. The zero-order chi connectivity index (χ0) is 20.5. The number of fused-ring (bicyclic) bond motifs is 1. The SMILES string of the molecule is Cc1ccc(-n2nc(C)c(NC(=O)CSc3nc4ccccc4n3C)c2C)cc1. The maximum Gasteiger partial charge on any atom is 0.234 e. The molecule has 2 heterocycles. The van der Waals surface area contributed by atoms with Crippen molar-refractivity contribution in [1.82, 2.24) is 19.3 Å². The molecule has 7 heteroatoms. The molecule has 1 N–H and O–H groups in total. The molecule has 0 bridgehead atoms. The number of imidazole rings is 1. The minimum atomic E-state index is -0.0725. The Morgan fingerprint density at radius 3 is 2.52 bits per heavy atom. The number of benzene rings is 2. The second kappa shape index (κ2) is 7.75. The van der Waals surface area contributed by atoms with Crippen molar-refractivity contribution >= 4 is 34.4 Å². The van der Waals surface area contributed by atoms with E-state index >= 15 is 0 Å². The van der Waals surface area contributed by atoms with Crippen LogP contribution in [0.5, 0.6) is 0 Å². The molecule has 0 spiro atoms. The Hall–Kier alpha value is -3.06. The van der Waals surface area contributed by atoms with Crippen molar-refractivity contribution in [3.05, 3.63) is 65.5 Å². The highest BCUT2D eigenvalue weighted by Crippen LogP contribution is 2.25. The van der Waals surface area contributed by atoms with Gasteiger partial charge in [-0.3, -0.25) is 4.79 Å². The first-order chi connectivity index (χ1) is 13.9. The number of aromatic nitrogens is 4. The first-order valence-corrected chi connectivity index (χ1v) is 10.4. The van der Waals surface area contributed by atoms with E-state index in [9.17, 15) is 4.79 Å². The number of para-hydroxylation sites is 2. The zero-order valence-electron chi connectivity index (χ0n) is 16.9. The maximum absolute atomic E-state index is 12.6. The van der Waals surface area contributed by atoms with Crippen LogP contribution in [0, 0.1) is 20.8 Å². The summed E-state index contributed by atoms with van der Waals surface area (Å²) in [4.78, 5) is 17.2. The summed E-state index contributed by atoms with van der Waals surface area (Å²) in [6, 6.07) is 16.1.